The summed E-state index contributed by atoms with van der Waals surface area (Å²) in [5.74, 6) is -0.370. The van der Waals surface area contributed by atoms with Crippen LogP contribution in [0.2, 0.25) is 0 Å². The number of ether oxygens (including phenoxy) is 1. The first-order chi connectivity index (χ1) is 8.33. The Balaban J connectivity index is 4.13. The summed E-state index contributed by atoms with van der Waals surface area (Å²) >= 11 is 0. The second-order valence-corrected chi connectivity index (χ2v) is 4.34. The molecule has 0 aromatic carbocycles. The molecule has 100 valence electrons. The van der Waals surface area contributed by atoms with Gasteiger partial charge in [0.25, 0.3) is 5.91 Å². The molecule has 0 radical (unpaired) electrons. The molecule has 0 heterocycles. The first kappa shape index (κ1) is 16.3. The minimum absolute atomic E-state index is 0.103. The molecule has 0 unspecified atom stereocenters. The number of nitrogens with one attached hydrogen (secondary N) is 1. The Morgan fingerprint density at radius 3 is 2.39 bits per heavy atom. The number of carbonyl (C=O) groups is 2. The Hall–Kier alpha value is -1.68. The van der Waals surface area contributed by atoms with Crippen molar-refractivity contribution in [3.05, 3.63) is 37.5 Å². The van der Waals surface area contributed by atoms with Crippen LogP contribution in [0.5, 0.6) is 0 Å². The predicted octanol–water partition coefficient (Wildman–Crippen LogP) is 1.79. The van der Waals surface area contributed by atoms with Crippen LogP contribution in [0.4, 0.5) is 0 Å². The monoisotopic (exact) mass is 251 g/mol. The highest BCUT2D eigenvalue weighted by Crippen LogP contribution is 2.11. The number of allylic oxidation sites excluding steroid dienone is 1. The number of carbonyl (C=O) groups excluding carboxylic acids is 2. The summed E-state index contributed by atoms with van der Waals surface area (Å²) in [5.41, 5.74) is -0.263. The topological polar surface area (TPSA) is 55.4 Å². The van der Waals surface area contributed by atoms with Gasteiger partial charge in [0.1, 0.15) is 5.60 Å². The minimum atomic E-state index is -0.969. The molecule has 0 aliphatic carbocycles. The third-order valence-corrected chi connectivity index (χ3v) is 2.34. The highest BCUT2D eigenvalue weighted by molar-refractivity contribution is 5.90. The van der Waals surface area contributed by atoms with Crippen LogP contribution in [0.1, 0.15) is 20.3 Å². The quantitative estimate of drug-likeness (QED) is 0.502. The third-order valence-electron chi connectivity index (χ3n) is 2.34. The fraction of sp³-hybridized carbons (Fsp3) is 0.429. The zero-order valence-corrected chi connectivity index (χ0v) is 11.1. The SMILES string of the molecule is C=CC(=C)COC(C)(C)C(=O)NCCC(=O)C=C. The second kappa shape index (κ2) is 7.61. The van der Waals surface area contributed by atoms with Gasteiger partial charge in [0.05, 0.1) is 6.61 Å². The summed E-state index contributed by atoms with van der Waals surface area (Å²) in [6.07, 6.45) is 3.06. The molecule has 1 amide bonds. The standard InChI is InChI=1S/C14H21NO3/c1-6-11(3)10-18-14(4,5)13(17)15-9-8-12(16)7-2/h6-7H,1-3,8-10H2,4-5H3,(H,15,17). The van der Waals surface area contributed by atoms with Gasteiger partial charge in [-0.25, -0.2) is 0 Å². The van der Waals surface area contributed by atoms with Gasteiger partial charge in [0, 0.05) is 13.0 Å². The minimum Gasteiger partial charge on any atom is -0.361 e. The van der Waals surface area contributed by atoms with Crippen LogP contribution in [0, 0.1) is 0 Å². The molecule has 0 aliphatic heterocycles. The van der Waals surface area contributed by atoms with E-state index in [0.29, 0.717) is 5.57 Å². The molecule has 18 heavy (non-hydrogen) atoms. The maximum Gasteiger partial charge on any atom is 0.251 e. The van der Waals surface area contributed by atoms with Gasteiger partial charge in [0.2, 0.25) is 0 Å². The van der Waals surface area contributed by atoms with E-state index in [4.69, 9.17) is 4.74 Å². The Labute approximate surface area is 108 Å². The molecule has 0 fully saturated rings. The van der Waals surface area contributed by atoms with E-state index in [2.05, 4.69) is 25.1 Å². The fourth-order valence-electron chi connectivity index (χ4n) is 1.01. The molecule has 1 N–H and O–H groups in total. The number of hydrogen-bond donors (Lipinski definition) is 1. The van der Waals surface area contributed by atoms with E-state index in [-0.39, 0.29) is 31.3 Å². The van der Waals surface area contributed by atoms with Crippen molar-refractivity contribution in [3.63, 3.8) is 0 Å². The maximum absolute atomic E-state index is 11.8. The zero-order chi connectivity index (χ0) is 14.2. The zero-order valence-electron chi connectivity index (χ0n) is 11.1. The van der Waals surface area contributed by atoms with E-state index in [1.54, 1.807) is 19.9 Å². The van der Waals surface area contributed by atoms with Gasteiger partial charge in [0.15, 0.2) is 5.78 Å². The summed E-state index contributed by atoms with van der Waals surface area (Å²) in [7, 11) is 0. The van der Waals surface area contributed by atoms with Crippen LogP contribution in [-0.4, -0.2) is 30.4 Å². The Morgan fingerprint density at radius 2 is 1.89 bits per heavy atom. The number of hydrogen-bond acceptors (Lipinski definition) is 3. The average molecular weight is 251 g/mol. The first-order valence-corrected chi connectivity index (χ1v) is 5.71. The molecular formula is C14H21NO3. The summed E-state index contributed by atoms with van der Waals surface area (Å²) < 4.78 is 5.44. The summed E-state index contributed by atoms with van der Waals surface area (Å²) in [5, 5.41) is 2.64. The van der Waals surface area contributed by atoms with E-state index in [9.17, 15) is 9.59 Å². The van der Waals surface area contributed by atoms with E-state index < -0.39 is 5.60 Å². The first-order valence-electron chi connectivity index (χ1n) is 5.71. The van der Waals surface area contributed by atoms with Crippen molar-refractivity contribution in [1.82, 2.24) is 5.32 Å². The van der Waals surface area contributed by atoms with E-state index in [1.165, 1.54) is 6.08 Å². The van der Waals surface area contributed by atoms with Gasteiger partial charge in [-0.05, 0) is 25.5 Å². The molecular weight excluding hydrogens is 230 g/mol. The molecule has 4 heteroatoms. The Bertz CT molecular complexity index is 356. The fourth-order valence-corrected chi connectivity index (χ4v) is 1.01. The van der Waals surface area contributed by atoms with Crippen molar-refractivity contribution in [3.8, 4) is 0 Å². The molecule has 0 atom stereocenters. The average Bonchev–Trinajstić information content (AvgIpc) is 2.35. The van der Waals surface area contributed by atoms with Crippen LogP contribution in [-0.2, 0) is 14.3 Å². The van der Waals surface area contributed by atoms with Crippen molar-refractivity contribution in [1.29, 1.82) is 0 Å². The molecule has 4 nitrogen and oxygen atoms in total. The van der Waals surface area contributed by atoms with Crippen molar-refractivity contribution < 1.29 is 14.3 Å². The number of amides is 1. The van der Waals surface area contributed by atoms with E-state index in [0.717, 1.165) is 0 Å². The number of rotatable bonds is 9. The molecule has 0 saturated heterocycles. The molecule has 0 rings (SSSR count). The van der Waals surface area contributed by atoms with Crippen LogP contribution in [0.25, 0.3) is 0 Å². The third kappa shape index (κ3) is 6.15. The van der Waals surface area contributed by atoms with Crippen molar-refractivity contribution in [2.45, 2.75) is 25.9 Å². The molecule has 0 saturated carbocycles. The second-order valence-electron chi connectivity index (χ2n) is 4.34. The molecule has 0 aromatic rings. The van der Waals surface area contributed by atoms with Crippen LogP contribution < -0.4 is 5.32 Å². The predicted molar refractivity (Wildman–Crippen MR) is 72.2 cm³/mol. The summed E-state index contributed by atoms with van der Waals surface area (Å²) in [4.78, 5) is 22.8. The van der Waals surface area contributed by atoms with E-state index >= 15 is 0 Å². The largest absolute Gasteiger partial charge is 0.361 e. The van der Waals surface area contributed by atoms with Crippen LogP contribution >= 0.6 is 0 Å². The normalized spacial score (nSPS) is 10.6. The lowest BCUT2D eigenvalue weighted by Crippen LogP contribution is -2.45. The van der Waals surface area contributed by atoms with Crippen LogP contribution in [0.3, 0.4) is 0 Å². The lowest BCUT2D eigenvalue weighted by atomic mass is 10.1. The lowest BCUT2D eigenvalue weighted by molar-refractivity contribution is -0.141. The van der Waals surface area contributed by atoms with Gasteiger partial charge in [-0.15, -0.1) is 0 Å². The van der Waals surface area contributed by atoms with Gasteiger partial charge >= 0.3 is 0 Å². The molecule has 0 aromatic heterocycles. The summed E-state index contributed by atoms with van der Waals surface area (Å²) in [6, 6.07) is 0. The smallest absolute Gasteiger partial charge is 0.251 e. The van der Waals surface area contributed by atoms with Gasteiger partial charge in [-0.1, -0.05) is 25.8 Å². The van der Waals surface area contributed by atoms with Crippen molar-refractivity contribution in [2.24, 2.45) is 0 Å². The van der Waals surface area contributed by atoms with Gasteiger partial charge in [-0.2, -0.15) is 0 Å². The Morgan fingerprint density at radius 1 is 1.28 bits per heavy atom. The maximum atomic E-state index is 11.8. The highest BCUT2D eigenvalue weighted by Gasteiger charge is 2.28. The molecule has 0 aliphatic rings. The van der Waals surface area contributed by atoms with Crippen molar-refractivity contribution >= 4 is 11.7 Å². The lowest BCUT2D eigenvalue weighted by Gasteiger charge is -2.24. The van der Waals surface area contributed by atoms with Crippen LogP contribution in [0.15, 0.2) is 37.5 Å². The van der Waals surface area contributed by atoms with Gasteiger partial charge < -0.3 is 10.1 Å². The Kier molecular flexibility index (Phi) is 6.90. The number of ketones is 1. The van der Waals surface area contributed by atoms with E-state index in [1.807, 2.05) is 0 Å². The molecule has 0 bridgehead atoms. The van der Waals surface area contributed by atoms with Gasteiger partial charge in [-0.3, -0.25) is 9.59 Å². The van der Waals surface area contributed by atoms with Crippen molar-refractivity contribution in [2.75, 3.05) is 13.2 Å². The summed E-state index contributed by atoms with van der Waals surface area (Å²) in [6.45, 7) is 14.5. The highest BCUT2D eigenvalue weighted by atomic mass is 16.5. The molecule has 0 spiro atoms.